The average molecular weight is 348 g/mol. The summed E-state index contributed by atoms with van der Waals surface area (Å²) in [5.74, 6) is 0.165. The largest absolute Gasteiger partial charge is 0.324 e. The number of aromatic nitrogens is 2. The third-order valence-corrected chi connectivity index (χ3v) is 6.15. The van der Waals surface area contributed by atoms with Crippen LogP contribution in [0.3, 0.4) is 0 Å². The number of amides is 2. The Hall–Kier alpha value is -2.22. The second kappa shape index (κ2) is 6.01. The number of carbonyl (C=O) groups excluding carboxylic acids is 1. The lowest BCUT2D eigenvalue weighted by Gasteiger charge is -2.23. The Balaban J connectivity index is 1.76. The van der Waals surface area contributed by atoms with E-state index in [2.05, 4.69) is 15.3 Å². The van der Waals surface area contributed by atoms with E-state index in [-0.39, 0.29) is 23.6 Å². The number of benzene rings is 1. The third kappa shape index (κ3) is 3.33. The van der Waals surface area contributed by atoms with Crippen molar-refractivity contribution in [2.24, 2.45) is 0 Å². The van der Waals surface area contributed by atoms with Crippen LogP contribution in [-0.4, -0.2) is 53.9 Å². The molecule has 0 spiro atoms. The summed E-state index contributed by atoms with van der Waals surface area (Å²) in [5.41, 5.74) is 3.81. The lowest BCUT2D eigenvalue weighted by Crippen LogP contribution is -2.40. The molecule has 7 nitrogen and oxygen atoms in total. The minimum Gasteiger partial charge on any atom is -0.324 e. The molecule has 0 aliphatic carbocycles. The summed E-state index contributed by atoms with van der Waals surface area (Å²) in [6.45, 7) is 3.80. The molecule has 3 rings (SSSR count). The monoisotopic (exact) mass is 348 g/mol. The number of anilines is 1. The van der Waals surface area contributed by atoms with Gasteiger partial charge in [-0.25, -0.2) is 23.2 Å². The topological polar surface area (TPSA) is 92.3 Å². The van der Waals surface area contributed by atoms with Gasteiger partial charge in [0.05, 0.1) is 33.9 Å². The summed E-state index contributed by atoms with van der Waals surface area (Å²) in [5, 5.41) is 2.80. The maximum absolute atomic E-state index is 12.4. The third-order valence-electron chi connectivity index (χ3n) is 4.40. The van der Waals surface area contributed by atoms with Crippen molar-refractivity contribution in [3.05, 3.63) is 29.6 Å². The molecule has 128 valence electrons. The van der Waals surface area contributed by atoms with Crippen LogP contribution in [0, 0.1) is 13.8 Å². The van der Waals surface area contributed by atoms with Crippen LogP contribution in [-0.2, 0) is 9.84 Å². The number of nitrogens with one attached hydrogen (secondary N) is 1. The van der Waals surface area contributed by atoms with Crippen LogP contribution in [0.1, 0.15) is 17.8 Å². The molecule has 1 aliphatic heterocycles. The molecule has 2 aromatic rings. The molecule has 2 heterocycles. The van der Waals surface area contributed by atoms with Gasteiger partial charge in [-0.15, -0.1) is 0 Å². The molecule has 1 N–H and O–H groups in total. The molecular formula is C16H20N4O3S. The Labute approximate surface area is 141 Å². The minimum absolute atomic E-state index is 0.0264. The highest BCUT2D eigenvalue weighted by molar-refractivity contribution is 7.91. The first-order chi connectivity index (χ1) is 11.2. The summed E-state index contributed by atoms with van der Waals surface area (Å²) in [7, 11) is -1.40. The lowest BCUT2D eigenvalue weighted by molar-refractivity contribution is 0.209. The Morgan fingerprint density at radius 3 is 2.50 bits per heavy atom. The summed E-state index contributed by atoms with van der Waals surface area (Å²) >= 11 is 0. The summed E-state index contributed by atoms with van der Waals surface area (Å²) in [6, 6.07) is 4.74. The van der Waals surface area contributed by atoms with Crippen molar-refractivity contribution in [1.29, 1.82) is 0 Å². The molecule has 1 aliphatic rings. The molecule has 0 saturated carbocycles. The van der Waals surface area contributed by atoms with Gasteiger partial charge in [-0.2, -0.15) is 0 Å². The van der Waals surface area contributed by atoms with E-state index in [1.54, 1.807) is 19.2 Å². The first-order valence-electron chi connectivity index (χ1n) is 7.74. The number of urea groups is 1. The number of aryl methyl sites for hydroxylation is 2. The van der Waals surface area contributed by atoms with Crippen molar-refractivity contribution in [2.45, 2.75) is 26.3 Å². The summed E-state index contributed by atoms with van der Waals surface area (Å²) in [4.78, 5) is 22.7. The van der Waals surface area contributed by atoms with Crippen LogP contribution >= 0.6 is 0 Å². The highest BCUT2D eigenvalue weighted by atomic mass is 32.2. The maximum atomic E-state index is 12.4. The summed E-state index contributed by atoms with van der Waals surface area (Å²) < 4.78 is 23.1. The number of hydrogen-bond acceptors (Lipinski definition) is 5. The second-order valence-electron chi connectivity index (χ2n) is 6.20. The number of fused-ring (bicyclic) bond motifs is 1. The van der Waals surface area contributed by atoms with Gasteiger partial charge in [-0.05, 0) is 38.5 Å². The molecule has 0 bridgehead atoms. The standard InChI is InChI=1S/C16H20N4O3S/c1-10-11(2)18-15-8-12(4-5-14(15)17-10)19-16(21)20(3)13-6-7-24(22,23)9-13/h4-5,8,13H,6-7,9H2,1-3H3,(H,19,21). The fourth-order valence-electron chi connectivity index (χ4n) is 2.77. The van der Waals surface area contributed by atoms with E-state index in [0.29, 0.717) is 17.6 Å². The van der Waals surface area contributed by atoms with Crippen LogP contribution in [0.5, 0.6) is 0 Å². The minimum atomic E-state index is -3.02. The van der Waals surface area contributed by atoms with E-state index < -0.39 is 9.84 Å². The molecule has 1 atom stereocenters. The van der Waals surface area contributed by atoms with Crippen LogP contribution in [0.2, 0.25) is 0 Å². The smallest absolute Gasteiger partial charge is 0.321 e. The lowest BCUT2D eigenvalue weighted by atomic mass is 10.2. The second-order valence-corrected chi connectivity index (χ2v) is 8.42. The van der Waals surface area contributed by atoms with Gasteiger partial charge in [0.15, 0.2) is 9.84 Å². The Morgan fingerprint density at radius 1 is 1.21 bits per heavy atom. The molecule has 8 heteroatoms. The fourth-order valence-corrected chi connectivity index (χ4v) is 4.54. The molecule has 0 radical (unpaired) electrons. The van der Waals surface area contributed by atoms with Gasteiger partial charge in [-0.3, -0.25) is 0 Å². The number of carbonyl (C=O) groups is 1. The zero-order valence-electron chi connectivity index (χ0n) is 13.9. The highest BCUT2D eigenvalue weighted by Crippen LogP contribution is 2.20. The zero-order chi connectivity index (χ0) is 17.5. The first kappa shape index (κ1) is 16.6. The Kier molecular flexibility index (Phi) is 4.16. The van der Waals surface area contributed by atoms with Crippen molar-refractivity contribution < 1.29 is 13.2 Å². The molecular weight excluding hydrogens is 328 g/mol. The number of sulfone groups is 1. The zero-order valence-corrected chi connectivity index (χ0v) is 14.7. The van der Waals surface area contributed by atoms with Crippen LogP contribution in [0.4, 0.5) is 10.5 Å². The Bertz CT molecular complexity index is 911. The fraction of sp³-hybridized carbons (Fsp3) is 0.438. The van der Waals surface area contributed by atoms with E-state index in [9.17, 15) is 13.2 Å². The summed E-state index contributed by atoms with van der Waals surface area (Å²) in [6.07, 6.45) is 0.480. The average Bonchev–Trinajstić information content (AvgIpc) is 2.88. The maximum Gasteiger partial charge on any atom is 0.321 e. The van der Waals surface area contributed by atoms with Gasteiger partial charge >= 0.3 is 6.03 Å². The quantitative estimate of drug-likeness (QED) is 0.895. The van der Waals surface area contributed by atoms with Crippen LogP contribution in [0.15, 0.2) is 18.2 Å². The van der Waals surface area contributed by atoms with E-state index in [4.69, 9.17) is 0 Å². The Morgan fingerprint density at radius 2 is 1.88 bits per heavy atom. The van der Waals surface area contributed by atoms with Crippen molar-refractivity contribution in [2.75, 3.05) is 23.9 Å². The highest BCUT2D eigenvalue weighted by Gasteiger charge is 2.32. The van der Waals surface area contributed by atoms with Gasteiger partial charge in [-0.1, -0.05) is 0 Å². The molecule has 2 amide bonds. The molecule has 1 unspecified atom stereocenters. The predicted octanol–water partition coefficient (Wildman–Crippen LogP) is 1.90. The van der Waals surface area contributed by atoms with Crippen molar-refractivity contribution >= 4 is 32.6 Å². The van der Waals surface area contributed by atoms with Gasteiger partial charge in [0.25, 0.3) is 0 Å². The predicted molar refractivity (Wildman–Crippen MR) is 92.9 cm³/mol. The van der Waals surface area contributed by atoms with Crippen molar-refractivity contribution in [3.8, 4) is 0 Å². The van der Waals surface area contributed by atoms with Gasteiger partial charge in [0.2, 0.25) is 0 Å². The van der Waals surface area contributed by atoms with E-state index in [1.807, 2.05) is 19.9 Å². The number of rotatable bonds is 2. The van der Waals surface area contributed by atoms with Crippen molar-refractivity contribution in [1.82, 2.24) is 14.9 Å². The van der Waals surface area contributed by atoms with Crippen LogP contribution < -0.4 is 5.32 Å². The molecule has 1 saturated heterocycles. The van der Waals surface area contributed by atoms with E-state index in [0.717, 1.165) is 16.9 Å². The van der Waals surface area contributed by atoms with E-state index >= 15 is 0 Å². The molecule has 1 aromatic heterocycles. The van der Waals surface area contributed by atoms with Gasteiger partial charge in [0, 0.05) is 18.8 Å². The first-order valence-corrected chi connectivity index (χ1v) is 9.56. The van der Waals surface area contributed by atoms with Gasteiger partial charge < -0.3 is 10.2 Å². The number of nitrogens with zero attached hydrogens (tertiary/aromatic N) is 3. The van der Waals surface area contributed by atoms with Crippen LogP contribution in [0.25, 0.3) is 11.0 Å². The molecule has 24 heavy (non-hydrogen) atoms. The molecule has 1 aromatic carbocycles. The SMILES string of the molecule is Cc1nc2ccc(NC(=O)N(C)C3CCS(=O)(=O)C3)cc2nc1C. The van der Waals surface area contributed by atoms with Crippen molar-refractivity contribution in [3.63, 3.8) is 0 Å². The number of hydrogen-bond donors (Lipinski definition) is 1. The van der Waals surface area contributed by atoms with E-state index in [1.165, 1.54) is 4.90 Å². The molecule has 1 fully saturated rings. The normalized spacial score (nSPS) is 19.4. The van der Waals surface area contributed by atoms with Gasteiger partial charge in [0.1, 0.15) is 0 Å².